The van der Waals surface area contributed by atoms with Crippen LogP contribution in [0.15, 0.2) is 56.9 Å². The van der Waals surface area contributed by atoms with Crippen molar-refractivity contribution < 1.29 is 4.74 Å². The topological polar surface area (TPSA) is 85.7 Å². The van der Waals surface area contributed by atoms with Gasteiger partial charge in [0, 0.05) is 30.4 Å². The van der Waals surface area contributed by atoms with E-state index in [0.29, 0.717) is 38.8 Å². The Bertz CT molecular complexity index is 1490. The van der Waals surface area contributed by atoms with Crippen LogP contribution in [-0.4, -0.2) is 20.2 Å². The van der Waals surface area contributed by atoms with Crippen LogP contribution in [0.1, 0.15) is 121 Å². The second-order valence-corrected chi connectivity index (χ2v) is 14.0. The predicted octanol–water partition coefficient (Wildman–Crippen LogP) is 13.7. The minimum absolute atomic E-state index is 0.474. The van der Waals surface area contributed by atoms with Gasteiger partial charge in [0.05, 0.1) is 18.4 Å². The van der Waals surface area contributed by atoms with E-state index in [9.17, 15) is 5.26 Å². The number of ether oxygens (including phenoxy) is 1. The average molecular weight is 671 g/mol. The minimum Gasteiger partial charge on any atom is -0.494 e. The highest BCUT2D eigenvalue weighted by Gasteiger charge is 2.21. The molecule has 0 spiro atoms. The number of benzene rings is 2. The predicted molar refractivity (Wildman–Crippen MR) is 204 cm³/mol. The highest BCUT2D eigenvalue weighted by atomic mass is 32.1. The fraction of sp³-hybridized carbons (Fsp3) is 0.575. The quantitative estimate of drug-likeness (QED) is 0.106. The number of nitriles is 1. The Kier molecular flexibility index (Phi) is 16.8. The van der Waals surface area contributed by atoms with Gasteiger partial charge in [-0.15, -0.1) is 20.5 Å². The molecule has 0 amide bonds. The van der Waals surface area contributed by atoms with E-state index in [1.165, 1.54) is 86.8 Å². The first-order valence-electron chi connectivity index (χ1n) is 18.2. The van der Waals surface area contributed by atoms with Crippen LogP contribution >= 0.6 is 11.3 Å². The lowest BCUT2D eigenvalue weighted by atomic mass is 9.94. The third kappa shape index (κ3) is 11.3. The van der Waals surface area contributed by atoms with E-state index in [-0.39, 0.29) is 0 Å². The van der Waals surface area contributed by atoms with Crippen LogP contribution in [0.5, 0.6) is 5.75 Å². The summed E-state index contributed by atoms with van der Waals surface area (Å²) in [7, 11) is 1.69. The summed E-state index contributed by atoms with van der Waals surface area (Å²) in [6.45, 7) is 17.5. The Morgan fingerprint density at radius 2 is 1.40 bits per heavy atom. The Hall–Kier alpha value is -3.57. The number of nitrogens with zero attached hydrogens (tertiary/aromatic N) is 6. The van der Waals surface area contributed by atoms with Gasteiger partial charge in [-0.25, -0.2) is 0 Å². The number of thiophene rings is 1. The molecule has 8 heteroatoms. The van der Waals surface area contributed by atoms with Gasteiger partial charge < -0.3 is 9.64 Å². The molecule has 0 radical (unpaired) electrons. The number of aryl methyl sites for hydroxylation is 2. The number of anilines is 1. The summed E-state index contributed by atoms with van der Waals surface area (Å²) in [6, 6.07) is 14.7. The summed E-state index contributed by atoms with van der Waals surface area (Å²) in [4.78, 5) is 2.61. The number of azo groups is 2. The molecule has 2 unspecified atom stereocenters. The first-order valence-corrected chi connectivity index (χ1v) is 19.0. The Balaban J connectivity index is 1.91. The standard InChI is InChI=1S/C40H58N6OS/c1-9-14-17-31(12-4)27-46(28-32(13-5)18-15-10-2)37-25-38(47-8)36(24-29(37)6)43-45-40-35(26-41)30(7)39(48-40)44-42-34-22-20-33(21-23-34)19-16-11-3/h20-25,31-32H,9-19,27-28H2,1-8H3. The van der Waals surface area contributed by atoms with Gasteiger partial charge in [-0.3, -0.25) is 0 Å². The Morgan fingerprint density at radius 3 is 1.94 bits per heavy atom. The van der Waals surface area contributed by atoms with Crippen molar-refractivity contribution in [1.29, 1.82) is 5.26 Å². The van der Waals surface area contributed by atoms with Crippen LogP contribution in [0.2, 0.25) is 0 Å². The zero-order valence-corrected chi connectivity index (χ0v) is 31.6. The van der Waals surface area contributed by atoms with Gasteiger partial charge in [-0.05, 0) is 80.7 Å². The van der Waals surface area contributed by atoms with Crippen molar-refractivity contribution in [1.82, 2.24) is 0 Å². The van der Waals surface area contributed by atoms with Gasteiger partial charge in [0.15, 0.2) is 5.00 Å². The normalized spacial score (nSPS) is 12.9. The molecule has 0 aliphatic heterocycles. The lowest BCUT2D eigenvalue weighted by molar-refractivity contribution is 0.400. The molecule has 260 valence electrons. The summed E-state index contributed by atoms with van der Waals surface area (Å²) < 4.78 is 5.90. The number of hydrogen-bond donors (Lipinski definition) is 0. The van der Waals surface area contributed by atoms with Gasteiger partial charge in [0.2, 0.25) is 0 Å². The van der Waals surface area contributed by atoms with Crippen molar-refractivity contribution in [3.8, 4) is 11.8 Å². The second kappa shape index (κ2) is 20.7. The molecule has 0 bridgehead atoms. The number of unbranched alkanes of at least 4 members (excludes halogenated alkanes) is 3. The van der Waals surface area contributed by atoms with Crippen molar-refractivity contribution in [2.75, 3.05) is 25.1 Å². The highest BCUT2D eigenvalue weighted by molar-refractivity contribution is 7.19. The third-order valence-electron chi connectivity index (χ3n) is 9.36. The first-order chi connectivity index (χ1) is 23.3. The molecule has 2 atom stereocenters. The number of rotatable bonds is 21. The lowest BCUT2D eigenvalue weighted by Crippen LogP contribution is -2.34. The number of hydrogen-bond acceptors (Lipinski definition) is 8. The van der Waals surface area contributed by atoms with Crippen molar-refractivity contribution in [2.24, 2.45) is 32.3 Å². The molecule has 2 aromatic carbocycles. The molecule has 0 saturated carbocycles. The molecule has 0 fully saturated rings. The summed E-state index contributed by atoms with van der Waals surface area (Å²) in [6.07, 6.45) is 13.3. The van der Waals surface area contributed by atoms with Gasteiger partial charge in [0.1, 0.15) is 22.5 Å². The molecule has 0 aliphatic rings. The van der Waals surface area contributed by atoms with E-state index >= 15 is 0 Å². The molecular formula is C40H58N6OS. The van der Waals surface area contributed by atoms with Crippen molar-refractivity contribution >= 4 is 38.4 Å². The minimum atomic E-state index is 0.474. The molecule has 7 nitrogen and oxygen atoms in total. The summed E-state index contributed by atoms with van der Waals surface area (Å²) in [5.74, 6) is 1.99. The molecule has 0 saturated heterocycles. The van der Waals surface area contributed by atoms with Crippen LogP contribution in [0.25, 0.3) is 0 Å². The SMILES string of the molecule is CCCCc1ccc(N=Nc2sc(N=Nc3cc(C)c(N(CC(CC)CCCC)CC(CC)CCCC)cc3OC)c(C#N)c2C)cc1. The highest BCUT2D eigenvalue weighted by Crippen LogP contribution is 2.43. The first kappa shape index (κ1) is 38.9. The van der Waals surface area contributed by atoms with Gasteiger partial charge >= 0.3 is 0 Å². The van der Waals surface area contributed by atoms with Gasteiger partial charge in [0.25, 0.3) is 0 Å². The van der Waals surface area contributed by atoms with Gasteiger partial charge in [-0.2, -0.15) is 5.26 Å². The molecule has 3 aromatic rings. The zero-order valence-electron chi connectivity index (χ0n) is 30.8. The van der Waals surface area contributed by atoms with Crippen LogP contribution < -0.4 is 9.64 Å². The largest absolute Gasteiger partial charge is 0.494 e. The van der Waals surface area contributed by atoms with E-state index in [4.69, 9.17) is 4.74 Å². The van der Waals surface area contributed by atoms with Crippen LogP contribution in [0.4, 0.5) is 27.1 Å². The molecule has 0 N–H and O–H groups in total. The summed E-state index contributed by atoms with van der Waals surface area (Å²) in [5.41, 5.74) is 6.33. The average Bonchev–Trinajstić information content (AvgIpc) is 3.42. The summed E-state index contributed by atoms with van der Waals surface area (Å²) in [5, 5.41) is 29.3. The van der Waals surface area contributed by atoms with Crippen LogP contribution in [0, 0.1) is 37.0 Å². The molecular weight excluding hydrogens is 613 g/mol. The van der Waals surface area contributed by atoms with Gasteiger partial charge in [-0.1, -0.05) is 103 Å². The number of methoxy groups -OCH3 is 1. The fourth-order valence-electron chi connectivity index (χ4n) is 6.07. The summed E-state index contributed by atoms with van der Waals surface area (Å²) >= 11 is 1.33. The van der Waals surface area contributed by atoms with Crippen LogP contribution in [0.3, 0.4) is 0 Å². The fourth-order valence-corrected chi connectivity index (χ4v) is 6.97. The molecule has 3 rings (SSSR count). The Morgan fingerprint density at radius 1 is 0.792 bits per heavy atom. The maximum Gasteiger partial charge on any atom is 0.159 e. The van der Waals surface area contributed by atoms with Crippen LogP contribution in [-0.2, 0) is 6.42 Å². The maximum atomic E-state index is 9.98. The second-order valence-electron chi connectivity index (χ2n) is 13.0. The van der Waals surface area contributed by atoms with Crippen molar-refractivity contribution in [3.63, 3.8) is 0 Å². The molecule has 1 heterocycles. The van der Waals surface area contributed by atoms with Crippen molar-refractivity contribution in [3.05, 3.63) is 58.7 Å². The smallest absolute Gasteiger partial charge is 0.159 e. The van der Waals surface area contributed by atoms with E-state index in [1.54, 1.807) is 7.11 Å². The van der Waals surface area contributed by atoms with E-state index in [1.807, 2.05) is 19.1 Å². The Labute approximate surface area is 294 Å². The van der Waals surface area contributed by atoms with E-state index in [0.717, 1.165) is 36.3 Å². The molecule has 1 aromatic heterocycles. The molecule has 0 aliphatic carbocycles. The van der Waals surface area contributed by atoms with E-state index in [2.05, 4.69) is 97.2 Å². The molecule has 48 heavy (non-hydrogen) atoms. The lowest BCUT2D eigenvalue weighted by Gasteiger charge is -2.34. The van der Waals surface area contributed by atoms with Crippen molar-refractivity contribution in [2.45, 2.75) is 119 Å². The maximum absolute atomic E-state index is 9.98. The van der Waals surface area contributed by atoms with E-state index < -0.39 is 0 Å². The zero-order chi connectivity index (χ0) is 34.9. The third-order valence-corrected chi connectivity index (χ3v) is 10.4. The monoisotopic (exact) mass is 670 g/mol.